The zero-order valence-corrected chi connectivity index (χ0v) is 15.7. The van der Waals surface area contributed by atoms with Crippen LogP contribution in [-0.2, 0) is 23.7 Å². The number of nitrogens with one attached hydrogen (secondary N) is 1. The van der Waals surface area contributed by atoms with Gasteiger partial charge in [-0.15, -0.1) is 0 Å². The topological polar surface area (TPSA) is 46.9 Å². The minimum Gasteiger partial charge on any atom is -0.355 e. The van der Waals surface area contributed by atoms with Gasteiger partial charge in [-0.05, 0) is 43.9 Å². The summed E-state index contributed by atoms with van der Waals surface area (Å²) >= 11 is 0. The lowest BCUT2D eigenvalue weighted by Crippen LogP contribution is -2.37. The molecule has 1 aromatic heterocycles. The monoisotopic (exact) mass is 327 g/mol. The highest BCUT2D eigenvalue weighted by Crippen LogP contribution is 2.25. The van der Waals surface area contributed by atoms with Gasteiger partial charge >= 0.3 is 0 Å². The maximum Gasteiger partial charge on any atom is 0.220 e. The van der Waals surface area contributed by atoms with Gasteiger partial charge in [-0.25, -0.2) is 0 Å². The fourth-order valence-electron chi connectivity index (χ4n) is 3.25. The molecule has 0 bridgehead atoms. The zero-order chi connectivity index (χ0) is 17.9. The molecule has 1 aromatic carbocycles. The molecule has 0 saturated heterocycles. The molecule has 2 aromatic rings. The third-order valence-corrected chi connectivity index (χ3v) is 4.86. The van der Waals surface area contributed by atoms with Gasteiger partial charge in [0.05, 0.1) is 5.69 Å². The summed E-state index contributed by atoms with van der Waals surface area (Å²) < 4.78 is 1.88. The van der Waals surface area contributed by atoms with Crippen molar-refractivity contribution in [2.75, 3.05) is 6.54 Å². The Kier molecular flexibility index (Phi) is 5.47. The summed E-state index contributed by atoms with van der Waals surface area (Å²) in [6, 6.07) is 8.36. The van der Waals surface area contributed by atoms with Crippen molar-refractivity contribution in [3.63, 3.8) is 0 Å². The van der Waals surface area contributed by atoms with Crippen LogP contribution in [0.15, 0.2) is 24.3 Å². The van der Waals surface area contributed by atoms with Crippen molar-refractivity contribution < 1.29 is 4.79 Å². The minimum atomic E-state index is -0.0822. The van der Waals surface area contributed by atoms with Crippen LogP contribution in [0.2, 0.25) is 0 Å². The van der Waals surface area contributed by atoms with Gasteiger partial charge in [0.2, 0.25) is 5.91 Å². The molecule has 0 fully saturated rings. The van der Waals surface area contributed by atoms with Crippen LogP contribution in [0.5, 0.6) is 0 Å². The molecule has 0 spiro atoms. The second kappa shape index (κ2) is 7.20. The van der Waals surface area contributed by atoms with Crippen molar-refractivity contribution in [2.24, 2.45) is 7.05 Å². The normalized spacial score (nSPS) is 11.6. The Morgan fingerprint density at radius 3 is 2.46 bits per heavy atom. The predicted molar refractivity (Wildman–Crippen MR) is 98.2 cm³/mol. The number of benzene rings is 1. The number of aromatic nitrogens is 2. The van der Waals surface area contributed by atoms with Gasteiger partial charge in [-0.3, -0.25) is 9.48 Å². The summed E-state index contributed by atoms with van der Waals surface area (Å²) in [6.45, 7) is 11.2. The molecule has 2 rings (SSSR count). The zero-order valence-electron chi connectivity index (χ0n) is 15.7. The lowest BCUT2D eigenvalue weighted by Gasteiger charge is -2.27. The van der Waals surface area contributed by atoms with Gasteiger partial charge in [-0.1, -0.05) is 38.1 Å². The molecule has 1 amide bonds. The van der Waals surface area contributed by atoms with Crippen molar-refractivity contribution in [3.05, 3.63) is 52.3 Å². The molecule has 0 aliphatic carbocycles. The van der Waals surface area contributed by atoms with E-state index in [1.54, 1.807) is 0 Å². The largest absolute Gasteiger partial charge is 0.355 e. The van der Waals surface area contributed by atoms with Gasteiger partial charge in [0.15, 0.2) is 0 Å². The Morgan fingerprint density at radius 1 is 1.21 bits per heavy atom. The first-order valence-corrected chi connectivity index (χ1v) is 8.54. The molecule has 0 radical (unpaired) electrons. The third kappa shape index (κ3) is 4.05. The van der Waals surface area contributed by atoms with Crippen LogP contribution in [0.4, 0.5) is 0 Å². The van der Waals surface area contributed by atoms with Crippen molar-refractivity contribution in [2.45, 2.75) is 52.9 Å². The quantitative estimate of drug-likeness (QED) is 0.884. The van der Waals surface area contributed by atoms with Crippen molar-refractivity contribution in [1.29, 1.82) is 0 Å². The summed E-state index contributed by atoms with van der Waals surface area (Å²) in [7, 11) is 1.94. The summed E-state index contributed by atoms with van der Waals surface area (Å²) in [5.74, 6) is 0.0966. The number of hydrogen-bond acceptors (Lipinski definition) is 2. The maximum atomic E-state index is 12.3. The van der Waals surface area contributed by atoms with Gasteiger partial charge in [0, 0.05) is 31.1 Å². The van der Waals surface area contributed by atoms with Crippen LogP contribution in [0.1, 0.15) is 48.3 Å². The number of aryl methyl sites for hydroxylation is 3. The summed E-state index contributed by atoms with van der Waals surface area (Å²) in [4.78, 5) is 12.3. The fourth-order valence-corrected chi connectivity index (χ4v) is 3.25. The maximum absolute atomic E-state index is 12.3. The van der Waals surface area contributed by atoms with Gasteiger partial charge in [0.25, 0.3) is 0 Å². The highest BCUT2D eigenvalue weighted by Gasteiger charge is 2.23. The Balaban J connectivity index is 1.92. The molecule has 0 saturated carbocycles. The number of hydrogen-bond donors (Lipinski definition) is 1. The fraction of sp³-hybridized carbons (Fsp3) is 0.500. The standard InChI is InChI=1S/C20H29N3O/c1-14-9-7-8-10-18(14)20(4,5)13-21-19(24)12-11-17-15(2)22-23(6)16(17)3/h7-10H,11-13H2,1-6H3,(H,21,24). The van der Waals surface area contributed by atoms with E-state index in [2.05, 4.69) is 56.3 Å². The number of rotatable bonds is 6. The molecule has 4 nitrogen and oxygen atoms in total. The van der Waals surface area contributed by atoms with E-state index in [0.29, 0.717) is 13.0 Å². The van der Waals surface area contributed by atoms with Crippen molar-refractivity contribution in [1.82, 2.24) is 15.1 Å². The summed E-state index contributed by atoms with van der Waals surface area (Å²) in [6.07, 6.45) is 1.24. The van der Waals surface area contributed by atoms with Crippen molar-refractivity contribution >= 4 is 5.91 Å². The highest BCUT2D eigenvalue weighted by molar-refractivity contribution is 5.76. The third-order valence-electron chi connectivity index (χ3n) is 4.86. The predicted octanol–water partition coefficient (Wildman–Crippen LogP) is 3.37. The molecule has 0 aliphatic rings. The Hall–Kier alpha value is -2.10. The van der Waals surface area contributed by atoms with Crippen LogP contribution in [0.25, 0.3) is 0 Å². The lowest BCUT2D eigenvalue weighted by atomic mass is 9.82. The van der Waals surface area contributed by atoms with Crippen LogP contribution < -0.4 is 5.32 Å². The molecule has 0 atom stereocenters. The molecule has 1 N–H and O–H groups in total. The van der Waals surface area contributed by atoms with Crippen LogP contribution in [-0.4, -0.2) is 22.2 Å². The second-order valence-corrected chi connectivity index (χ2v) is 7.25. The van der Waals surface area contributed by atoms with E-state index in [1.807, 2.05) is 24.7 Å². The average molecular weight is 327 g/mol. The van der Waals surface area contributed by atoms with Crippen LogP contribution in [0.3, 0.4) is 0 Å². The smallest absolute Gasteiger partial charge is 0.220 e. The van der Waals surface area contributed by atoms with E-state index in [4.69, 9.17) is 0 Å². The first-order valence-electron chi connectivity index (χ1n) is 8.54. The highest BCUT2D eigenvalue weighted by atomic mass is 16.1. The Bertz CT molecular complexity index is 728. The molecule has 0 aliphatic heterocycles. The minimum absolute atomic E-state index is 0.0822. The molecule has 130 valence electrons. The van der Waals surface area contributed by atoms with Gasteiger partial charge < -0.3 is 5.32 Å². The van der Waals surface area contributed by atoms with E-state index >= 15 is 0 Å². The summed E-state index contributed by atoms with van der Waals surface area (Å²) in [5.41, 5.74) is 5.80. The molecule has 4 heteroatoms. The Labute approximate surface area is 145 Å². The number of nitrogens with zero attached hydrogens (tertiary/aromatic N) is 2. The van der Waals surface area contributed by atoms with E-state index in [9.17, 15) is 4.79 Å². The molecule has 0 unspecified atom stereocenters. The number of carbonyl (C=O) groups excluding carboxylic acids is 1. The Morgan fingerprint density at radius 2 is 1.88 bits per heavy atom. The molecular weight excluding hydrogens is 298 g/mol. The van der Waals surface area contributed by atoms with Crippen LogP contribution in [0, 0.1) is 20.8 Å². The molecule has 24 heavy (non-hydrogen) atoms. The first-order chi connectivity index (χ1) is 11.2. The SMILES string of the molecule is Cc1ccccc1C(C)(C)CNC(=O)CCc1c(C)nn(C)c1C. The lowest BCUT2D eigenvalue weighted by molar-refractivity contribution is -0.121. The average Bonchev–Trinajstić information content (AvgIpc) is 2.76. The van der Waals surface area contributed by atoms with E-state index in [0.717, 1.165) is 17.8 Å². The van der Waals surface area contributed by atoms with Crippen molar-refractivity contribution in [3.8, 4) is 0 Å². The first kappa shape index (κ1) is 18.2. The van der Waals surface area contributed by atoms with E-state index in [-0.39, 0.29) is 11.3 Å². The van der Waals surface area contributed by atoms with Crippen LogP contribution >= 0.6 is 0 Å². The second-order valence-electron chi connectivity index (χ2n) is 7.25. The van der Waals surface area contributed by atoms with E-state index < -0.39 is 0 Å². The van der Waals surface area contributed by atoms with E-state index in [1.165, 1.54) is 16.7 Å². The molecule has 1 heterocycles. The van der Waals surface area contributed by atoms with Gasteiger partial charge in [-0.2, -0.15) is 5.10 Å². The molecular formula is C20H29N3O. The number of carbonyl (C=O) groups is 1. The number of amides is 1. The van der Waals surface area contributed by atoms with Gasteiger partial charge in [0.1, 0.15) is 0 Å². The summed E-state index contributed by atoms with van der Waals surface area (Å²) in [5, 5.41) is 7.51.